The predicted molar refractivity (Wildman–Crippen MR) is 81.3 cm³/mol. The second kappa shape index (κ2) is 5.08. The third-order valence-corrected chi connectivity index (χ3v) is 6.25. The molecule has 4 fully saturated rings. The zero-order valence-electron chi connectivity index (χ0n) is 13.1. The summed E-state index contributed by atoms with van der Waals surface area (Å²) in [7, 11) is 0. The van der Waals surface area contributed by atoms with Crippen LogP contribution >= 0.6 is 0 Å². The number of hydrogen-bond acceptors (Lipinski definition) is 4. The summed E-state index contributed by atoms with van der Waals surface area (Å²) in [5.41, 5.74) is 0.937. The van der Waals surface area contributed by atoms with Crippen LogP contribution in [-0.2, 0) is 6.42 Å². The van der Waals surface area contributed by atoms with Gasteiger partial charge in [0.25, 0.3) is 0 Å². The van der Waals surface area contributed by atoms with Gasteiger partial charge in [0.2, 0.25) is 11.8 Å². The quantitative estimate of drug-likeness (QED) is 0.792. The average molecular weight is 321 g/mol. The first-order chi connectivity index (χ1) is 10.9. The molecule has 1 aromatic rings. The summed E-state index contributed by atoms with van der Waals surface area (Å²) in [5.74, 6) is 1.94. The number of aromatic hydroxyl groups is 2. The summed E-state index contributed by atoms with van der Waals surface area (Å²) in [6.07, 6.45) is 8.12. The fraction of sp³-hybridized carbons (Fsp3) is 0.706. The molecule has 0 unspecified atom stereocenters. The molecular weight excluding hydrogens is 298 g/mol. The van der Waals surface area contributed by atoms with Gasteiger partial charge >= 0.3 is 6.16 Å². The minimum atomic E-state index is -1.57. The number of rotatable bonds is 4. The summed E-state index contributed by atoms with van der Waals surface area (Å²) < 4.78 is 0.567. The second-order valence-corrected chi connectivity index (χ2v) is 7.92. The van der Waals surface area contributed by atoms with E-state index in [2.05, 4.69) is 4.84 Å². The van der Waals surface area contributed by atoms with Crippen molar-refractivity contribution in [3.8, 4) is 11.8 Å². The van der Waals surface area contributed by atoms with Gasteiger partial charge in [-0.2, -0.15) is 0 Å². The van der Waals surface area contributed by atoms with Crippen LogP contribution in [0.2, 0.25) is 0 Å². The fourth-order valence-corrected chi connectivity index (χ4v) is 5.87. The SMILES string of the molecule is O=C(O)On1c(O)cc(CCC23CC4CC(CC(C4)C2)C3)c1O. The van der Waals surface area contributed by atoms with E-state index in [0.717, 1.165) is 24.2 Å². The van der Waals surface area contributed by atoms with Gasteiger partial charge in [-0.1, -0.05) is 0 Å². The Hall–Kier alpha value is -1.85. The van der Waals surface area contributed by atoms with Crippen molar-refractivity contribution in [2.75, 3.05) is 0 Å². The molecule has 6 heteroatoms. The van der Waals surface area contributed by atoms with E-state index < -0.39 is 6.16 Å². The standard InChI is InChI=1S/C17H23NO5/c19-14-6-13(15(20)18(14)23-16(21)22)1-2-17-7-10-3-11(8-17)5-12(4-10)9-17/h6,10-12,19-20H,1-5,7-9H2,(H,21,22). The Balaban J connectivity index is 1.48. The predicted octanol–water partition coefficient (Wildman–Crippen LogP) is 3.15. The van der Waals surface area contributed by atoms with Gasteiger partial charge in [-0.25, -0.2) is 4.79 Å². The Labute approximate surface area is 134 Å². The van der Waals surface area contributed by atoms with Gasteiger partial charge in [-0.15, -0.1) is 4.73 Å². The molecule has 23 heavy (non-hydrogen) atoms. The van der Waals surface area contributed by atoms with Crippen LogP contribution in [0.15, 0.2) is 6.07 Å². The molecule has 5 rings (SSSR count). The number of aromatic nitrogens is 1. The smallest absolute Gasteiger partial charge is 0.492 e. The van der Waals surface area contributed by atoms with Crippen LogP contribution < -0.4 is 4.84 Å². The largest absolute Gasteiger partial charge is 0.531 e. The highest BCUT2D eigenvalue weighted by Gasteiger charge is 2.50. The molecule has 4 bridgehead atoms. The molecule has 0 aromatic carbocycles. The van der Waals surface area contributed by atoms with Crippen LogP contribution in [0.3, 0.4) is 0 Å². The van der Waals surface area contributed by atoms with Gasteiger partial charge < -0.3 is 15.3 Å². The van der Waals surface area contributed by atoms with Crippen molar-refractivity contribution < 1.29 is 25.0 Å². The summed E-state index contributed by atoms with van der Waals surface area (Å²) in [6, 6.07) is 1.40. The molecule has 4 aliphatic rings. The van der Waals surface area contributed by atoms with Crippen LogP contribution in [0.25, 0.3) is 0 Å². The molecule has 0 atom stereocenters. The maximum Gasteiger partial charge on any atom is 0.531 e. The molecule has 1 heterocycles. The number of hydrogen-bond donors (Lipinski definition) is 3. The minimum Gasteiger partial charge on any atom is -0.492 e. The average Bonchev–Trinajstić information content (AvgIpc) is 2.71. The molecule has 0 spiro atoms. The Morgan fingerprint density at radius 2 is 1.74 bits per heavy atom. The van der Waals surface area contributed by atoms with Crippen molar-refractivity contribution in [1.82, 2.24) is 4.73 Å². The highest BCUT2D eigenvalue weighted by molar-refractivity contribution is 5.58. The minimum absolute atomic E-state index is 0.311. The summed E-state index contributed by atoms with van der Waals surface area (Å²) in [5, 5.41) is 28.5. The fourth-order valence-electron chi connectivity index (χ4n) is 5.87. The first-order valence-corrected chi connectivity index (χ1v) is 8.48. The number of nitrogens with zero attached hydrogens (tertiary/aromatic N) is 1. The zero-order valence-corrected chi connectivity index (χ0v) is 13.1. The van der Waals surface area contributed by atoms with Gasteiger partial charge in [-0.3, -0.25) is 4.84 Å². The molecule has 1 aromatic heterocycles. The molecule has 6 nitrogen and oxygen atoms in total. The Morgan fingerprint density at radius 3 is 2.26 bits per heavy atom. The first-order valence-electron chi connectivity index (χ1n) is 8.48. The van der Waals surface area contributed by atoms with Gasteiger partial charge in [0.15, 0.2) is 0 Å². The van der Waals surface area contributed by atoms with Gasteiger partial charge in [0.05, 0.1) is 0 Å². The van der Waals surface area contributed by atoms with Crippen molar-refractivity contribution in [3.63, 3.8) is 0 Å². The van der Waals surface area contributed by atoms with E-state index in [9.17, 15) is 15.0 Å². The Kier molecular flexibility index (Phi) is 3.25. The third kappa shape index (κ3) is 2.54. The van der Waals surface area contributed by atoms with Gasteiger partial charge in [0, 0.05) is 11.6 Å². The second-order valence-electron chi connectivity index (χ2n) is 7.92. The van der Waals surface area contributed by atoms with Gasteiger partial charge in [-0.05, 0) is 74.5 Å². The van der Waals surface area contributed by atoms with Crippen molar-refractivity contribution in [2.45, 2.75) is 51.4 Å². The molecule has 0 saturated heterocycles. The number of carboxylic acid groups (broad SMARTS) is 1. The number of aryl methyl sites for hydroxylation is 1. The maximum absolute atomic E-state index is 10.6. The molecule has 4 aliphatic carbocycles. The molecular formula is C17H23NO5. The van der Waals surface area contributed by atoms with Gasteiger partial charge in [0.1, 0.15) is 0 Å². The highest BCUT2D eigenvalue weighted by atomic mass is 16.8. The Bertz CT molecular complexity index is 600. The maximum atomic E-state index is 10.6. The van der Waals surface area contributed by atoms with Crippen LogP contribution in [0.5, 0.6) is 11.8 Å². The topological polar surface area (TPSA) is 91.9 Å². The van der Waals surface area contributed by atoms with Crippen LogP contribution in [0, 0.1) is 23.2 Å². The lowest BCUT2D eigenvalue weighted by Gasteiger charge is -2.57. The summed E-state index contributed by atoms with van der Waals surface area (Å²) >= 11 is 0. The summed E-state index contributed by atoms with van der Waals surface area (Å²) in [4.78, 5) is 15.0. The molecule has 0 radical (unpaired) electrons. The van der Waals surface area contributed by atoms with E-state index in [-0.39, 0.29) is 11.8 Å². The normalized spacial score (nSPS) is 34.7. The van der Waals surface area contributed by atoms with E-state index in [0.29, 0.717) is 22.1 Å². The highest BCUT2D eigenvalue weighted by Crippen LogP contribution is 2.61. The monoisotopic (exact) mass is 321 g/mol. The lowest BCUT2D eigenvalue weighted by molar-refractivity contribution is -0.0570. The Morgan fingerprint density at radius 1 is 1.17 bits per heavy atom. The van der Waals surface area contributed by atoms with E-state index >= 15 is 0 Å². The van der Waals surface area contributed by atoms with Crippen molar-refractivity contribution >= 4 is 6.16 Å². The van der Waals surface area contributed by atoms with Crippen molar-refractivity contribution in [3.05, 3.63) is 11.6 Å². The molecule has 0 aliphatic heterocycles. The third-order valence-electron chi connectivity index (χ3n) is 6.25. The molecule has 3 N–H and O–H groups in total. The van der Waals surface area contributed by atoms with Crippen molar-refractivity contribution in [1.29, 1.82) is 0 Å². The first kappa shape index (κ1) is 14.7. The van der Waals surface area contributed by atoms with E-state index in [1.165, 1.54) is 44.6 Å². The lowest BCUT2D eigenvalue weighted by atomic mass is 9.48. The van der Waals surface area contributed by atoms with Crippen molar-refractivity contribution in [2.24, 2.45) is 23.2 Å². The molecule has 4 saturated carbocycles. The van der Waals surface area contributed by atoms with E-state index in [4.69, 9.17) is 5.11 Å². The lowest BCUT2D eigenvalue weighted by Crippen LogP contribution is -2.46. The zero-order chi connectivity index (χ0) is 16.2. The molecule has 126 valence electrons. The van der Waals surface area contributed by atoms with Crippen LogP contribution in [0.4, 0.5) is 4.79 Å². The number of carbonyl (C=O) groups is 1. The van der Waals surface area contributed by atoms with Crippen LogP contribution in [-0.4, -0.2) is 26.2 Å². The summed E-state index contributed by atoms with van der Waals surface area (Å²) in [6.45, 7) is 0. The molecule has 0 amide bonds. The van der Waals surface area contributed by atoms with E-state index in [1.807, 2.05) is 0 Å². The van der Waals surface area contributed by atoms with Crippen LogP contribution in [0.1, 0.15) is 50.5 Å². The van der Waals surface area contributed by atoms with E-state index in [1.54, 1.807) is 0 Å².